The highest BCUT2D eigenvalue weighted by molar-refractivity contribution is 5.59. The first-order chi connectivity index (χ1) is 16.5. The second-order valence-electron chi connectivity index (χ2n) is 8.79. The van der Waals surface area contributed by atoms with Crippen molar-refractivity contribution in [1.82, 2.24) is 9.78 Å². The van der Waals surface area contributed by atoms with Gasteiger partial charge in [-0.05, 0) is 51.8 Å². The Morgan fingerprint density at radius 3 is 2.51 bits per heavy atom. The van der Waals surface area contributed by atoms with E-state index in [0.29, 0.717) is 23.1 Å². The summed E-state index contributed by atoms with van der Waals surface area (Å²) in [6.07, 6.45) is -8.05. The lowest BCUT2D eigenvalue weighted by Gasteiger charge is -2.39. The average Bonchev–Trinajstić information content (AvgIpc) is 3.11. The number of hydrogen-bond acceptors (Lipinski definition) is 9. The zero-order chi connectivity index (χ0) is 25.9. The highest BCUT2D eigenvalue weighted by Gasteiger charge is 2.46. The van der Waals surface area contributed by atoms with E-state index in [1.54, 1.807) is 24.6 Å². The van der Waals surface area contributed by atoms with E-state index in [9.17, 15) is 24.5 Å². The van der Waals surface area contributed by atoms with Gasteiger partial charge in [-0.1, -0.05) is 12.1 Å². The summed E-state index contributed by atoms with van der Waals surface area (Å²) in [4.78, 5) is 11.5. The molecule has 35 heavy (non-hydrogen) atoms. The number of nitrogens with zero attached hydrogens (tertiary/aromatic N) is 2. The molecule has 1 unspecified atom stereocenters. The summed E-state index contributed by atoms with van der Waals surface area (Å²) >= 11 is 0. The molecule has 10 nitrogen and oxygen atoms in total. The predicted molar refractivity (Wildman–Crippen MR) is 122 cm³/mol. The maximum Gasteiger partial charge on any atom is 0.508 e. The highest BCUT2D eigenvalue weighted by Crippen LogP contribution is 2.31. The smallest absolute Gasteiger partial charge is 0.443 e. The number of aliphatic hydroxyl groups is 3. The number of ether oxygens (including phenoxy) is 4. The van der Waals surface area contributed by atoms with E-state index in [0.717, 1.165) is 5.69 Å². The average molecular weight is 497 g/mol. The van der Waals surface area contributed by atoms with E-state index in [4.69, 9.17) is 14.2 Å². The van der Waals surface area contributed by atoms with Crippen molar-refractivity contribution in [1.29, 1.82) is 0 Å². The van der Waals surface area contributed by atoms with Crippen molar-refractivity contribution in [2.24, 2.45) is 0 Å². The molecule has 0 bridgehead atoms. The van der Waals surface area contributed by atoms with Gasteiger partial charge < -0.3 is 34.3 Å². The van der Waals surface area contributed by atoms with Crippen LogP contribution >= 0.6 is 0 Å². The molecule has 3 rings (SSSR count). The summed E-state index contributed by atoms with van der Waals surface area (Å²) in [5.41, 5.74) is 2.66. The Balaban J connectivity index is 1.85. The number of aliphatic hydroxyl groups excluding tert-OH is 3. The van der Waals surface area contributed by atoms with E-state index in [1.165, 1.54) is 6.07 Å². The van der Waals surface area contributed by atoms with Crippen LogP contribution in [0.25, 0.3) is 0 Å². The first kappa shape index (κ1) is 26.9. The minimum absolute atomic E-state index is 0.0174. The van der Waals surface area contributed by atoms with Crippen LogP contribution < -0.4 is 4.74 Å². The molecular formula is C24H33FN2O8. The molecule has 1 aromatic carbocycles. The minimum atomic E-state index is -1.63. The third-order valence-electron chi connectivity index (χ3n) is 5.87. The Bertz CT molecular complexity index is 1030. The Morgan fingerprint density at radius 2 is 1.89 bits per heavy atom. The molecule has 0 radical (unpaired) electrons. The summed E-state index contributed by atoms with van der Waals surface area (Å²) in [5.74, 6) is -0.193. The van der Waals surface area contributed by atoms with Crippen LogP contribution in [-0.4, -0.2) is 75.2 Å². The van der Waals surface area contributed by atoms with Crippen LogP contribution in [0.15, 0.2) is 18.2 Å². The van der Waals surface area contributed by atoms with Gasteiger partial charge in [-0.25, -0.2) is 9.18 Å². The van der Waals surface area contributed by atoms with Crippen molar-refractivity contribution < 1.29 is 43.5 Å². The van der Waals surface area contributed by atoms with Gasteiger partial charge in [0.2, 0.25) is 12.2 Å². The van der Waals surface area contributed by atoms with Crippen molar-refractivity contribution in [3.63, 3.8) is 0 Å². The van der Waals surface area contributed by atoms with Crippen LogP contribution in [0, 0.1) is 19.7 Å². The van der Waals surface area contributed by atoms with Gasteiger partial charge >= 0.3 is 6.16 Å². The Kier molecular flexibility index (Phi) is 8.70. The highest BCUT2D eigenvalue weighted by atomic mass is 19.1. The third-order valence-corrected chi connectivity index (χ3v) is 5.87. The summed E-state index contributed by atoms with van der Waals surface area (Å²) in [5, 5.41) is 35.6. The topological polar surface area (TPSA) is 132 Å². The van der Waals surface area contributed by atoms with Gasteiger partial charge in [0.15, 0.2) is 0 Å². The minimum Gasteiger partial charge on any atom is -0.443 e. The van der Waals surface area contributed by atoms with Crippen molar-refractivity contribution in [3.05, 3.63) is 46.4 Å². The molecule has 0 saturated carbocycles. The fourth-order valence-electron chi connectivity index (χ4n) is 3.85. The quantitative estimate of drug-likeness (QED) is 0.470. The third kappa shape index (κ3) is 6.10. The molecule has 1 aliphatic heterocycles. The normalized spacial score (nSPS) is 24.5. The number of carbonyl (C=O) groups excluding carboxylic acids is 1. The molecule has 3 N–H and O–H groups in total. The van der Waals surface area contributed by atoms with Gasteiger partial charge in [0.05, 0.1) is 6.61 Å². The molecule has 194 valence electrons. The lowest BCUT2D eigenvalue weighted by Crippen LogP contribution is -2.60. The molecule has 1 saturated heterocycles. The Morgan fingerprint density at radius 1 is 1.17 bits per heavy atom. The lowest BCUT2D eigenvalue weighted by atomic mass is 9.99. The largest absolute Gasteiger partial charge is 0.508 e. The monoisotopic (exact) mass is 496 g/mol. The number of halogens is 1. The van der Waals surface area contributed by atoms with Gasteiger partial charge in [-0.15, -0.1) is 5.10 Å². The van der Waals surface area contributed by atoms with E-state index in [1.807, 2.05) is 26.8 Å². The van der Waals surface area contributed by atoms with E-state index in [2.05, 4.69) is 9.84 Å². The summed E-state index contributed by atoms with van der Waals surface area (Å²) < 4.78 is 37.0. The number of carbonyl (C=O) groups is 1. The number of benzene rings is 1. The van der Waals surface area contributed by atoms with Gasteiger partial charge in [0.1, 0.15) is 36.8 Å². The van der Waals surface area contributed by atoms with Crippen molar-refractivity contribution in [2.45, 2.75) is 77.8 Å². The molecule has 0 amide bonds. The molecular weight excluding hydrogens is 463 g/mol. The predicted octanol–water partition coefficient (Wildman–Crippen LogP) is 2.17. The summed E-state index contributed by atoms with van der Waals surface area (Å²) in [7, 11) is 0. The van der Waals surface area contributed by atoms with E-state index < -0.39 is 43.5 Å². The van der Waals surface area contributed by atoms with E-state index >= 15 is 0 Å². The number of hydrogen-bond donors (Lipinski definition) is 3. The first-order valence-electron chi connectivity index (χ1n) is 11.5. The lowest BCUT2D eigenvalue weighted by molar-refractivity contribution is -0.278. The van der Waals surface area contributed by atoms with Crippen molar-refractivity contribution in [2.75, 3.05) is 13.2 Å². The van der Waals surface area contributed by atoms with Crippen LogP contribution in [0.3, 0.4) is 0 Å². The molecule has 1 fully saturated rings. The fourth-order valence-corrected chi connectivity index (χ4v) is 3.85. The Hall–Kier alpha value is -2.73. The second-order valence-corrected chi connectivity index (χ2v) is 8.79. The number of aromatic nitrogens is 2. The van der Waals surface area contributed by atoms with Crippen molar-refractivity contribution >= 4 is 6.16 Å². The fraction of sp³-hybridized carbons (Fsp3) is 0.583. The SMILES string of the molecule is CCOC(=O)OCC1O[C@@H](Oc2nn(C(C)C)c(C)c2Cc2ccc(C)c(F)c2)[C@H](O)[C@@H](O)[C@@H]1O. The number of aryl methyl sites for hydroxylation is 1. The van der Waals surface area contributed by atoms with Gasteiger partial charge in [-0.3, -0.25) is 4.68 Å². The molecule has 11 heteroatoms. The standard InChI is InChI=1S/C24H33FN2O8/c1-6-32-24(31)33-11-18-19(28)20(29)21(30)23(34-18)35-22-16(14(5)27(26-22)12(2)3)9-15-8-7-13(4)17(25)10-15/h7-8,10,12,18-21,23,28-30H,6,9,11H2,1-5H3/t18?,19-,20+,21-,23+/m1/s1. The van der Waals surface area contributed by atoms with Crippen LogP contribution in [0.5, 0.6) is 5.88 Å². The maximum absolute atomic E-state index is 14.1. The molecule has 5 atom stereocenters. The maximum atomic E-state index is 14.1. The van der Waals surface area contributed by atoms with Crippen LogP contribution in [0.4, 0.5) is 9.18 Å². The van der Waals surface area contributed by atoms with Gasteiger partial charge in [0, 0.05) is 23.7 Å². The molecule has 0 spiro atoms. The van der Waals surface area contributed by atoms with Gasteiger partial charge in [0.25, 0.3) is 0 Å². The van der Waals surface area contributed by atoms with E-state index in [-0.39, 0.29) is 24.3 Å². The molecule has 0 aliphatic carbocycles. The van der Waals surface area contributed by atoms with Crippen LogP contribution in [0.2, 0.25) is 0 Å². The molecule has 2 aromatic rings. The summed E-state index contributed by atoms with van der Waals surface area (Å²) in [6.45, 7) is 8.69. The zero-order valence-corrected chi connectivity index (χ0v) is 20.5. The number of rotatable bonds is 8. The van der Waals surface area contributed by atoms with Crippen LogP contribution in [-0.2, 0) is 20.6 Å². The van der Waals surface area contributed by atoms with Crippen LogP contribution in [0.1, 0.15) is 49.2 Å². The first-order valence-corrected chi connectivity index (χ1v) is 11.5. The Labute approximate surface area is 203 Å². The van der Waals surface area contributed by atoms with Crippen molar-refractivity contribution in [3.8, 4) is 5.88 Å². The molecule has 2 heterocycles. The van der Waals surface area contributed by atoms with Gasteiger partial charge in [-0.2, -0.15) is 0 Å². The molecule has 1 aliphatic rings. The molecule has 1 aromatic heterocycles. The zero-order valence-electron chi connectivity index (χ0n) is 20.5. The second kappa shape index (κ2) is 11.3. The summed E-state index contributed by atoms with van der Waals surface area (Å²) in [6, 6.07) is 4.92.